The van der Waals surface area contributed by atoms with Gasteiger partial charge in [-0.1, -0.05) is 20.8 Å². The first-order chi connectivity index (χ1) is 8.54. The van der Waals surface area contributed by atoms with Crippen molar-refractivity contribution in [1.82, 2.24) is 10.2 Å². The van der Waals surface area contributed by atoms with E-state index >= 15 is 0 Å². The lowest BCUT2D eigenvalue weighted by Gasteiger charge is -2.30. The smallest absolute Gasteiger partial charge is 0.265 e. The van der Waals surface area contributed by atoms with Crippen LogP contribution >= 0.6 is 0 Å². The lowest BCUT2D eigenvalue weighted by molar-refractivity contribution is -0.128. The molecule has 0 saturated carbocycles. The molecule has 0 aromatic carbocycles. The van der Waals surface area contributed by atoms with E-state index in [0.717, 1.165) is 32.5 Å². The Bertz CT molecular complexity index is 347. The van der Waals surface area contributed by atoms with Crippen LogP contribution in [0.3, 0.4) is 0 Å². The van der Waals surface area contributed by atoms with E-state index in [9.17, 15) is 4.79 Å². The molecule has 1 amide bonds. The molecule has 4 nitrogen and oxygen atoms in total. The summed E-state index contributed by atoms with van der Waals surface area (Å²) >= 11 is 0. The highest BCUT2D eigenvalue weighted by atomic mass is 16.2. The number of amides is 1. The van der Waals surface area contributed by atoms with Crippen LogP contribution in [0.25, 0.3) is 0 Å². The van der Waals surface area contributed by atoms with E-state index in [2.05, 4.69) is 26.1 Å². The largest absolute Gasteiger partial charge is 0.389 e. The third-order valence-corrected chi connectivity index (χ3v) is 3.19. The summed E-state index contributed by atoms with van der Waals surface area (Å²) in [5, 5.41) is 12.1. The lowest BCUT2D eigenvalue weighted by Crippen LogP contribution is -2.38. The maximum absolute atomic E-state index is 12.1. The number of piperidine rings is 1. The first-order valence-corrected chi connectivity index (χ1v) is 6.67. The summed E-state index contributed by atoms with van der Waals surface area (Å²) < 4.78 is 0. The molecule has 0 spiro atoms. The zero-order valence-electron chi connectivity index (χ0n) is 11.6. The molecular weight excluding hydrogens is 226 g/mol. The van der Waals surface area contributed by atoms with Gasteiger partial charge in [0.15, 0.2) is 0 Å². The fraction of sp³-hybridized carbons (Fsp3) is 0.714. The van der Waals surface area contributed by atoms with Gasteiger partial charge in [-0.2, -0.15) is 5.26 Å². The molecule has 0 unspecified atom stereocenters. The van der Waals surface area contributed by atoms with Crippen molar-refractivity contribution in [3.05, 3.63) is 11.8 Å². The van der Waals surface area contributed by atoms with E-state index in [-0.39, 0.29) is 11.5 Å². The van der Waals surface area contributed by atoms with Gasteiger partial charge in [0.25, 0.3) is 5.91 Å². The molecule has 0 bridgehead atoms. The molecule has 18 heavy (non-hydrogen) atoms. The van der Waals surface area contributed by atoms with Crippen molar-refractivity contribution in [1.29, 1.82) is 5.26 Å². The van der Waals surface area contributed by atoms with Crippen molar-refractivity contribution in [3.8, 4) is 6.07 Å². The maximum Gasteiger partial charge on any atom is 0.265 e. The van der Waals surface area contributed by atoms with Gasteiger partial charge in [-0.25, -0.2) is 0 Å². The number of likely N-dealkylation sites (tertiary alicyclic amines) is 1. The van der Waals surface area contributed by atoms with Gasteiger partial charge in [-0.3, -0.25) is 4.79 Å². The number of nitrogens with one attached hydrogen (secondary N) is 1. The summed E-state index contributed by atoms with van der Waals surface area (Å²) in [6.07, 6.45) is 3.62. The van der Waals surface area contributed by atoms with Crippen LogP contribution < -0.4 is 5.32 Å². The topological polar surface area (TPSA) is 56.1 Å². The number of hydrogen-bond acceptors (Lipinski definition) is 3. The Balaban J connectivity index is 2.54. The van der Waals surface area contributed by atoms with E-state index in [1.165, 1.54) is 0 Å². The summed E-state index contributed by atoms with van der Waals surface area (Å²) in [6.45, 7) is 8.68. The van der Waals surface area contributed by atoms with Crippen LogP contribution in [0, 0.1) is 23.2 Å². The number of carbonyl (C=O) groups excluding carboxylic acids is 1. The van der Waals surface area contributed by atoms with Crippen molar-refractivity contribution in [2.45, 2.75) is 33.6 Å². The van der Waals surface area contributed by atoms with Gasteiger partial charge in [0.1, 0.15) is 11.6 Å². The highest BCUT2D eigenvalue weighted by Crippen LogP contribution is 2.17. The summed E-state index contributed by atoms with van der Waals surface area (Å²) in [6, 6.07) is 1.99. The number of nitriles is 1. The van der Waals surface area contributed by atoms with Crippen LogP contribution in [-0.2, 0) is 4.79 Å². The molecule has 1 aliphatic heterocycles. The zero-order chi connectivity index (χ0) is 13.5. The Labute approximate surface area is 110 Å². The molecule has 0 radical (unpaired) electrons. The van der Waals surface area contributed by atoms with Crippen LogP contribution in [0.15, 0.2) is 11.8 Å². The molecule has 1 aliphatic rings. The van der Waals surface area contributed by atoms with Crippen LogP contribution in [0.1, 0.15) is 33.6 Å². The lowest BCUT2D eigenvalue weighted by atomic mass is 9.99. The third kappa shape index (κ3) is 4.40. The van der Waals surface area contributed by atoms with Crippen LogP contribution in [0.5, 0.6) is 0 Å². The average molecular weight is 249 g/mol. The molecular formula is C14H23N3O. The molecule has 0 aromatic rings. The Kier molecular flexibility index (Phi) is 5.70. The van der Waals surface area contributed by atoms with E-state index < -0.39 is 0 Å². The fourth-order valence-corrected chi connectivity index (χ4v) is 1.92. The molecule has 0 aromatic heterocycles. The minimum absolute atomic E-state index is 0.138. The number of nitrogens with zero attached hydrogens (tertiary/aromatic N) is 2. The van der Waals surface area contributed by atoms with Gasteiger partial charge in [0.2, 0.25) is 0 Å². The zero-order valence-corrected chi connectivity index (χ0v) is 11.6. The second-order valence-corrected chi connectivity index (χ2v) is 5.45. The van der Waals surface area contributed by atoms with E-state index in [0.29, 0.717) is 11.8 Å². The molecule has 100 valence electrons. The van der Waals surface area contributed by atoms with Gasteiger partial charge in [0.05, 0.1) is 0 Å². The molecule has 1 fully saturated rings. The normalized spacial score (nSPS) is 17.7. The van der Waals surface area contributed by atoms with Crippen LogP contribution in [0.4, 0.5) is 0 Å². The Morgan fingerprint density at radius 2 is 2.11 bits per heavy atom. The monoisotopic (exact) mass is 249 g/mol. The highest BCUT2D eigenvalue weighted by Gasteiger charge is 2.22. The Morgan fingerprint density at radius 3 is 2.61 bits per heavy atom. The number of hydrogen-bond donors (Lipinski definition) is 1. The summed E-state index contributed by atoms with van der Waals surface area (Å²) in [5.74, 6) is 1.04. The van der Waals surface area contributed by atoms with Gasteiger partial charge < -0.3 is 10.2 Å². The summed E-state index contributed by atoms with van der Waals surface area (Å²) in [7, 11) is 0. The first-order valence-electron chi connectivity index (χ1n) is 6.67. The second kappa shape index (κ2) is 7.05. The van der Waals surface area contributed by atoms with Gasteiger partial charge in [-0.05, 0) is 24.7 Å². The molecule has 1 N–H and O–H groups in total. The molecule has 0 atom stereocenters. The van der Waals surface area contributed by atoms with Gasteiger partial charge in [-0.15, -0.1) is 0 Å². The van der Waals surface area contributed by atoms with Gasteiger partial charge in [0, 0.05) is 25.8 Å². The van der Waals surface area contributed by atoms with E-state index in [1.54, 1.807) is 11.1 Å². The molecule has 0 aliphatic carbocycles. The quantitative estimate of drug-likeness (QED) is 0.611. The Morgan fingerprint density at radius 1 is 1.50 bits per heavy atom. The molecule has 1 rings (SSSR count). The van der Waals surface area contributed by atoms with Gasteiger partial charge >= 0.3 is 0 Å². The Hall–Kier alpha value is -1.50. The second-order valence-electron chi connectivity index (χ2n) is 5.45. The van der Waals surface area contributed by atoms with Crippen molar-refractivity contribution >= 4 is 5.91 Å². The molecule has 4 heteroatoms. The van der Waals surface area contributed by atoms with Crippen LogP contribution in [0.2, 0.25) is 0 Å². The first kappa shape index (κ1) is 14.6. The predicted molar refractivity (Wildman–Crippen MR) is 71.5 cm³/mol. The SMILES string of the molecule is CC(C)CN/C=C(/C#N)C(=O)N1CCC(C)CC1. The van der Waals surface area contributed by atoms with E-state index in [4.69, 9.17) is 5.26 Å². The molecule has 1 heterocycles. The van der Waals surface area contributed by atoms with E-state index in [1.807, 2.05) is 6.07 Å². The molecule has 1 saturated heterocycles. The predicted octanol–water partition coefficient (Wildman–Crippen LogP) is 1.90. The standard InChI is InChI=1S/C14H23N3O/c1-11(2)9-16-10-13(8-15)14(18)17-6-4-12(3)5-7-17/h10-12,16H,4-7,9H2,1-3H3/b13-10-. The summed E-state index contributed by atoms with van der Waals surface area (Å²) in [5.41, 5.74) is 0.213. The van der Waals surface area contributed by atoms with Crippen molar-refractivity contribution in [2.75, 3.05) is 19.6 Å². The minimum Gasteiger partial charge on any atom is -0.389 e. The number of rotatable bonds is 4. The number of carbonyl (C=O) groups is 1. The van der Waals surface area contributed by atoms with Crippen LogP contribution in [-0.4, -0.2) is 30.4 Å². The highest BCUT2D eigenvalue weighted by molar-refractivity contribution is 5.97. The van der Waals surface area contributed by atoms with Crippen molar-refractivity contribution in [3.63, 3.8) is 0 Å². The third-order valence-electron chi connectivity index (χ3n) is 3.19. The fourth-order valence-electron chi connectivity index (χ4n) is 1.92. The van der Waals surface area contributed by atoms with Crippen molar-refractivity contribution < 1.29 is 4.79 Å². The average Bonchev–Trinajstić information content (AvgIpc) is 2.34. The van der Waals surface area contributed by atoms with Crippen molar-refractivity contribution in [2.24, 2.45) is 11.8 Å². The minimum atomic E-state index is -0.138. The summed E-state index contributed by atoms with van der Waals surface area (Å²) in [4.78, 5) is 13.9. The maximum atomic E-state index is 12.1.